The maximum atomic E-state index is 11.7. The molecule has 26 heavy (non-hydrogen) atoms. The first kappa shape index (κ1) is 19.9. The molecule has 0 amide bonds. The molecule has 2 N–H and O–H groups in total. The summed E-state index contributed by atoms with van der Waals surface area (Å²) in [5.41, 5.74) is -0.130. The summed E-state index contributed by atoms with van der Waals surface area (Å²) in [5.74, 6) is 1.47. The van der Waals surface area contributed by atoms with E-state index in [1.165, 1.54) is 0 Å². The van der Waals surface area contributed by atoms with E-state index in [0.717, 1.165) is 57.8 Å². The van der Waals surface area contributed by atoms with Crippen molar-refractivity contribution in [2.24, 2.45) is 10.9 Å². The molecule has 7 nitrogen and oxygen atoms in total. The predicted octanol–water partition coefficient (Wildman–Crippen LogP) is 1.09. The van der Waals surface area contributed by atoms with Crippen molar-refractivity contribution in [2.45, 2.75) is 63.7 Å². The fourth-order valence-electron chi connectivity index (χ4n) is 3.95. The van der Waals surface area contributed by atoms with Crippen LogP contribution in [0, 0.1) is 5.92 Å². The molecule has 3 fully saturated rings. The number of rotatable bonds is 5. The molecule has 0 radical (unpaired) electrons. The molecule has 8 heteroatoms. The molecule has 0 aromatic carbocycles. The van der Waals surface area contributed by atoms with E-state index >= 15 is 0 Å². The van der Waals surface area contributed by atoms with Crippen molar-refractivity contribution in [3.05, 3.63) is 0 Å². The molecule has 3 unspecified atom stereocenters. The number of aliphatic imine (C=N–C) groups is 1. The molecule has 3 saturated heterocycles. The monoisotopic (exact) mass is 387 g/mol. The summed E-state index contributed by atoms with van der Waals surface area (Å²) < 4.78 is 34.8. The Labute approximate surface area is 157 Å². The van der Waals surface area contributed by atoms with Crippen molar-refractivity contribution in [3.8, 4) is 0 Å². The largest absolute Gasteiger partial charge is 0.376 e. The number of nitrogens with one attached hydrogen (secondary N) is 2. The Hall–Kier alpha value is -0.860. The molecule has 3 aliphatic rings. The van der Waals surface area contributed by atoms with Gasteiger partial charge in [-0.2, -0.15) is 0 Å². The number of hydrogen-bond acceptors (Lipinski definition) is 5. The van der Waals surface area contributed by atoms with Gasteiger partial charge in [0.2, 0.25) is 0 Å². The fourth-order valence-corrected chi connectivity index (χ4v) is 5.80. The van der Waals surface area contributed by atoms with Crippen molar-refractivity contribution in [2.75, 3.05) is 37.8 Å². The van der Waals surface area contributed by atoms with Gasteiger partial charge in [-0.3, -0.25) is 4.99 Å². The molecular formula is C18H33N3O4S. The third kappa shape index (κ3) is 6.09. The van der Waals surface area contributed by atoms with Crippen LogP contribution in [0.5, 0.6) is 0 Å². The molecule has 0 aliphatic carbocycles. The fraction of sp³-hybridized carbons (Fsp3) is 0.944. The predicted molar refractivity (Wildman–Crippen MR) is 102 cm³/mol. The molecule has 150 valence electrons. The van der Waals surface area contributed by atoms with Gasteiger partial charge in [-0.1, -0.05) is 0 Å². The van der Waals surface area contributed by atoms with Crippen LogP contribution in [0.25, 0.3) is 0 Å². The van der Waals surface area contributed by atoms with E-state index in [4.69, 9.17) is 14.5 Å². The number of ether oxygens (including phenoxy) is 2. The molecule has 3 aliphatic heterocycles. The summed E-state index contributed by atoms with van der Waals surface area (Å²) in [6.45, 7) is 7.08. The highest BCUT2D eigenvalue weighted by Crippen LogP contribution is 2.24. The van der Waals surface area contributed by atoms with Crippen LogP contribution in [0.15, 0.2) is 4.99 Å². The first-order valence-electron chi connectivity index (χ1n) is 9.82. The zero-order valence-electron chi connectivity index (χ0n) is 16.0. The Morgan fingerprint density at radius 3 is 2.73 bits per heavy atom. The Morgan fingerprint density at radius 1 is 1.23 bits per heavy atom. The Bertz CT molecular complexity index is 600. The minimum Gasteiger partial charge on any atom is -0.376 e. The molecule has 0 aromatic rings. The van der Waals surface area contributed by atoms with E-state index in [2.05, 4.69) is 24.5 Å². The van der Waals surface area contributed by atoms with E-state index in [1.54, 1.807) is 0 Å². The normalized spacial score (nSPS) is 33.9. The number of guanidine groups is 1. The molecule has 0 aromatic heterocycles. The van der Waals surface area contributed by atoms with Crippen LogP contribution in [0.1, 0.15) is 46.0 Å². The maximum absolute atomic E-state index is 11.7. The highest BCUT2D eigenvalue weighted by molar-refractivity contribution is 7.91. The quantitative estimate of drug-likeness (QED) is 0.542. The second kappa shape index (κ2) is 8.44. The first-order chi connectivity index (χ1) is 12.3. The Morgan fingerprint density at radius 2 is 2.08 bits per heavy atom. The number of nitrogens with zero attached hydrogens (tertiary/aromatic N) is 1. The third-order valence-electron chi connectivity index (χ3n) is 5.39. The van der Waals surface area contributed by atoms with E-state index in [9.17, 15) is 8.42 Å². The summed E-state index contributed by atoms with van der Waals surface area (Å²) in [7, 11) is -2.86. The summed E-state index contributed by atoms with van der Waals surface area (Å²) in [4.78, 5) is 4.71. The van der Waals surface area contributed by atoms with Crippen LogP contribution in [0.2, 0.25) is 0 Å². The van der Waals surface area contributed by atoms with Crippen LogP contribution in [-0.4, -0.2) is 69.9 Å². The molecule has 0 spiro atoms. The van der Waals surface area contributed by atoms with Gasteiger partial charge in [-0.15, -0.1) is 0 Å². The van der Waals surface area contributed by atoms with Crippen molar-refractivity contribution in [1.82, 2.24) is 10.6 Å². The highest BCUT2D eigenvalue weighted by atomic mass is 32.2. The average Bonchev–Trinajstić information content (AvgIpc) is 3.18. The second-order valence-electron chi connectivity index (χ2n) is 8.42. The highest BCUT2D eigenvalue weighted by Gasteiger charge is 2.30. The van der Waals surface area contributed by atoms with Gasteiger partial charge in [-0.25, -0.2) is 8.42 Å². The SMILES string of the molecule is CC1(C)CC(NC(=NCC2CCS(=O)(=O)C2)NCC2CCCO2)CCO1. The summed E-state index contributed by atoms with van der Waals surface area (Å²) in [6.07, 6.45) is 5.01. The van der Waals surface area contributed by atoms with E-state index in [1.807, 2.05) is 0 Å². The lowest BCUT2D eigenvalue weighted by Crippen LogP contribution is -2.50. The van der Waals surface area contributed by atoms with Crippen LogP contribution in [0.4, 0.5) is 0 Å². The number of sulfone groups is 1. The molecule has 3 rings (SSSR count). The number of hydrogen-bond donors (Lipinski definition) is 2. The van der Waals surface area contributed by atoms with Gasteiger partial charge in [0.1, 0.15) is 0 Å². The van der Waals surface area contributed by atoms with Gasteiger partial charge in [0.25, 0.3) is 0 Å². The van der Waals surface area contributed by atoms with Crippen LogP contribution in [0.3, 0.4) is 0 Å². The first-order valence-corrected chi connectivity index (χ1v) is 11.6. The zero-order chi connectivity index (χ0) is 18.6. The maximum Gasteiger partial charge on any atom is 0.191 e. The molecule has 0 bridgehead atoms. The summed E-state index contributed by atoms with van der Waals surface area (Å²) in [5, 5.41) is 6.94. The molecule has 3 heterocycles. The van der Waals surface area contributed by atoms with Gasteiger partial charge in [0.05, 0.1) is 23.2 Å². The molecule has 0 saturated carbocycles. The van der Waals surface area contributed by atoms with E-state index in [0.29, 0.717) is 18.3 Å². The average molecular weight is 388 g/mol. The Balaban J connectivity index is 1.57. The van der Waals surface area contributed by atoms with Crippen molar-refractivity contribution in [1.29, 1.82) is 0 Å². The van der Waals surface area contributed by atoms with Crippen LogP contribution < -0.4 is 10.6 Å². The lowest BCUT2D eigenvalue weighted by Gasteiger charge is -2.36. The smallest absolute Gasteiger partial charge is 0.191 e. The standard InChI is InChI=1S/C18H33N3O4S/c1-18(2)10-15(5-8-25-18)21-17(20-12-16-4-3-7-24-16)19-11-14-6-9-26(22,23)13-14/h14-16H,3-13H2,1-2H3,(H2,19,20,21). The van der Waals surface area contributed by atoms with E-state index in [-0.39, 0.29) is 23.4 Å². The third-order valence-corrected chi connectivity index (χ3v) is 7.23. The van der Waals surface area contributed by atoms with Gasteiger partial charge < -0.3 is 20.1 Å². The Kier molecular flexibility index (Phi) is 6.45. The van der Waals surface area contributed by atoms with Gasteiger partial charge >= 0.3 is 0 Å². The van der Waals surface area contributed by atoms with Crippen LogP contribution >= 0.6 is 0 Å². The van der Waals surface area contributed by atoms with Gasteiger partial charge in [0.15, 0.2) is 15.8 Å². The van der Waals surface area contributed by atoms with Crippen molar-refractivity contribution in [3.63, 3.8) is 0 Å². The van der Waals surface area contributed by atoms with E-state index < -0.39 is 9.84 Å². The minimum absolute atomic E-state index is 0.130. The lowest BCUT2D eigenvalue weighted by molar-refractivity contribution is -0.0605. The second-order valence-corrected chi connectivity index (χ2v) is 10.6. The molecular weight excluding hydrogens is 354 g/mol. The minimum atomic E-state index is -2.86. The van der Waals surface area contributed by atoms with Gasteiger partial charge in [-0.05, 0) is 51.9 Å². The van der Waals surface area contributed by atoms with Crippen molar-refractivity contribution >= 4 is 15.8 Å². The zero-order valence-corrected chi connectivity index (χ0v) is 16.8. The topological polar surface area (TPSA) is 89.0 Å². The van der Waals surface area contributed by atoms with Gasteiger partial charge in [0, 0.05) is 32.3 Å². The van der Waals surface area contributed by atoms with Crippen molar-refractivity contribution < 1.29 is 17.9 Å². The molecule has 3 atom stereocenters. The summed E-state index contributed by atoms with van der Waals surface area (Å²) in [6, 6.07) is 0.307. The van der Waals surface area contributed by atoms with Crippen LogP contribution in [-0.2, 0) is 19.3 Å². The lowest BCUT2D eigenvalue weighted by atomic mass is 9.94. The summed E-state index contributed by atoms with van der Waals surface area (Å²) >= 11 is 0.